The second-order valence-electron chi connectivity index (χ2n) is 6.59. The van der Waals surface area contributed by atoms with Gasteiger partial charge in [0, 0.05) is 5.69 Å². The van der Waals surface area contributed by atoms with Crippen molar-refractivity contribution >= 4 is 17.7 Å². The van der Waals surface area contributed by atoms with Crippen LogP contribution in [0, 0.1) is 5.92 Å². The van der Waals surface area contributed by atoms with Gasteiger partial charge in [-0.1, -0.05) is 13.8 Å². The molecule has 23 heavy (non-hydrogen) atoms. The first-order valence-corrected chi connectivity index (χ1v) is 7.57. The summed E-state index contributed by atoms with van der Waals surface area (Å²) in [4.78, 5) is 24.3. The zero-order valence-electron chi connectivity index (χ0n) is 14.6. The van der Waals surface area contributed by atoms with Crippen molar-refractivity contribution < 1.29 is 19.1 Å². The number of amides is 2. The molecule has 6 heteroatoms. The molecule has 1 aromatic rings. The zero-order chi connectivity index (χ0) is 17.6. The molecule has 0 spiro atoms. The van der Waals surface area contributed by atoms with Crippen molar-refractivity contribution in [1.29, 1.82) is 0 Å². The molecule has 2 amide bonds. The summed E-state index contributed by atoms with van der Waals surface area (Å²) in [5.41, 5.74) is 0.0189. The molecule has 0 aliphatic rings. The molecule has 6 nitrogen and oxygen atoms in total. The molecule has 0 aliphatic carbocycles. The lowest BCUT2D eigenvalue weighted by Gasteiger charge is -2.25. The molecular weight excluding hydrogens is 296 g/mol. The normalized spacial score (nSPS) is 12.5. The van der Waals surface area contributed by atoms with E-state index >= 15 is 0 Å². The SMILES string of the molecule is COc1ccc(NC(=O)[C@@H](NC(=O)OC(C)(C)C)C(C)C)cc1. The zero-order valence-corrected chi connectivity index (χ0v) is 14.6. The summed E-state index contributed by atoms with van der Waals surface area (Å²) in [6, 6.07) is 6.29. The van der Waals surface area contributed by atoms with Gasteiger partial charge in [-0.15, -0.1) is 0 Å². The van der Waals surface area contributed by atoms with E-state index in [9.17, 15) is 9.59 Å². The highest BCUT2D eigenvalue weighted by Crippen LogP contribution is 2.16. The number of alkyl carbamates (subject to hydrolysis) is 1. The Labute approximate surface area is 137 Å². The Bertz CT molecular complexity index is 533. The van der Waals surface area contributed by atoms with Gasteiger partial charge < -0.3 is 20.1 Å². The Balaban J connectivity index is 2.72. The van der Waals surface area contributed by atoms with Crippen molar-refractivity contribution in [2.75, 3.05) is 12.4 Å². The summed E-state index contributed by atoms with van der Waals surface area (Å²) < 4.78 is 10.3. The van der Waals surface area contributed by atoms with Gasteiger partial charge in [0.05, 0.1) is 7.11 Å². The molecule has 0 bridgehead atoms. The third kappa shape index (κ3) is 6.59. The molecule has 0 saturated heterocycles. The maximum Gasteiger partial charge on any atom is 0.408 e. The molecule has 1 aromatic carbocycles. The average molecular weight is 322 g/mol. The van der Waals surface area contributed by atoms with Crippen LogP contribution in [0.15, 0.2) is 24.3 Å². The van der Waals surface area contributed by atoms with Crippen molar-refractivity contribution in [2.45, 2.75) is 46.3 Å². The highest BCUT2D eigenvalue weighted by Gasteiger charge is 2.26. The van der Waals surface area contributed by atoms with Crippen LogP contribution in [-0.4, -0.2) is 30.8 Å². The quantitative estimate of drug-likeness (QED) is 0.873. The second-order valence-corrected chi connectivity index (χ2v) is 6.59. The Morgan fingerprint density at radius 2 is 1.65 bits per heavy atom. The molecule has 0 saturated carbocycles. The Morgan fingerprint density at radius 1 is 1.09 bits per heavy atom. The van der Waals surface area contributed by atoms with E-state index in [0.29, 0.717) is 11.4 Å². The lowest BCUT2D eigenvalue weighted by Crippen LogP contribution is -2.48. The predicted octanol–water partition coefficient (Wildman–Crippen LogP) is 3.18. The molecule has 0 aliphatic heterocycles. The van der Waals surface area contributed by atoms with Crippen LogP contribution in [0.3, 0.4) is 0 Å². The number of carbonyl (C=O) groups is 2. The number of carbonyl (C=O) groups excluding carboxylic acids is 2. The van der Waals surface area contributed by atoms with Crippen LogP contribution in [0.4, 0.5) is 10.5 Å². The van der Waals surface area contributed by atoms with Crippen LogP contribution in [-0.2, 0) is 9.53 Å². The minimum atomic E-state index is -0.688. The molecule has 0 aromatic heterocycles. The van der Waals surface area contributed by atoms with E-state index in [4.69, 9.17) is 9.47 Å². The maximum absolute atomic E-state index is 12.4. The second kappa shape index (κ2) is 7.85. The minimum Gasteiger partial charge on any atom is -0.497 e. The van der Waals surface area contributed by atoms with Gasteiger partial charge in [0.1, 0.15) is 17.4 Å². The highest BCUT2D eigenvalue weighted by molar-refractivity contribution is 5.96. The number of rotatable bonds is 5. The van der Waals surface area contributed by atoms with E-state index in [-0.39, 0.29) is 11.8 Å². The van der Waals surface area contributed by atoms with Crippen LogP contribution >= 0.6 is 0 Å². The lowest BCUT2D eigenvalue weighted by atomic mass is 10.0. The molecule has 0 unspecified atom stereocenters. The molecule has 1 rings (SSSR count). The fourth-order valence-electron chi connectivity index (χ4n) is 1.86. The number of nitrogens with one attached hydrogen (secondary N) is 2. The summed E-state index contributed by atoms with van der Waals surface area (Å²) in [7, 11) is 1.58. The van der Waals surface area contributed by atoms with Gasteiger partial charge in [0.2, 0.25) is 5.91 Å². The van der Waals surface area contributed by atoms with Gasteiger partial charge in [-0.05, 0) is 51.0 Å². The van der Waals surface area contributed by atoms with Gasteiger partial charge >= 0.3 is 6.09 Å². The van der Waals surface area contributed by atoms with Crippen LogP contribution in [0.1, 0.15) is 34.6 Å². The average Bonchev–Trinajstić information content (AvgIpc) is 2.43. The molecule has 0 heterocycles. The van der Waals surface area contributed by atoms with Gasteiger partial charge in [-0.25, -0.2) is 4.79 Å². The Morgan fingerprint density at radius 3 is 2.09 bits per heavy atom. The first kappa shape index (κ1) is 18.8. The molecule has 1 atom stereocenters. The van der Waals surface area contributed by atoms with Crippen molar-refractivity contribution in [3.63, 3.8) is 0 Å². The first-order valence-electron chi connectivity index (χ1n) is 7.57. The molecule has 0 fully saturated rings. The fourth-order valence-corrected chi connectivity index (χ4v) is 1.86. The Hall–Kier alpha value is -2.24. The largest absolute Gasteiger partial charge is 0.497 e. The monoisotopic (exact) mass is 322 g/mol. The van der Waals surface area contributed by atoms with E-state index in [1.54, 1.807) is 52.1 Å². The third-order valence-electron chi connectivity index (χ3n) is 2.98. The van der Waals surface area contributed by atoms with Crippen molar-refractivity contribution in [1.82, 2.24) is 5.32 Å². The van der Waals surface area contributed by atoms with Crippen LogP contribution in [0.5, 0.6) is 5.75 Å². The summed E-state index contributed by atoms with van der Waals surface area (Å²) >= 11 is 0. The smallest absolute Gasteiger partial charge is 0.408 e. The minimum absolute atomic E-state index is 0.0826. The van der Waals surface area contributed by atoms with Gasteiger partial charge in [-0.3, -0.25) is 4.79 Å². The lowest BCUT2D eigenvalue weighted by molar-refractivity contribution is -0.119. The predicted molar refractivity (Wildman–Crippen MR) is 89.6 cm³/mol. The molecule has 0 radical (unpaired) electrons. The molecule has 2 N–H and O–H groups in total. The van der Waals surface area contributed by atoms with Crippen molar-refractivity contribution in [2.24, 2.45) is 5.92 Å². The van der Waals surface area contributed by atoms with E-state index in [2.05, 4.69) is 10.6 Å². The van der Waals surface area contributed by atoms with Crippen LogP contribution < -0.4 is 15.4 Å². The summed E-state index contributed by atoms with van der Waals surface area (Å²) in [6.45, 7) is 9.03. The number of anilines is 1. The number of methoxy groups -OCH3 is 1. The summed E-state index contributed by atoms with van der Waals surface area (Å²) in [6.07, 6.45) is -0.610. The van der Waals surface area contributed by atoms with Crippen molar-refractivity contribution in [3.05, 3.63) is 24.3 Å². The number of ether oxygens (including phenoxy) is 2. The topological polar surface area (TPSA) is 76.7 Å². The molecule has 128 valence electrons. The van der Waals surface area contributed by atoms with Crippen molar-refractivity contribution in [3.8, 4) is 5.75 Å². The Kier molecular flexibility index (Phi) is 6.42. The van der Waals surface area contributed by atoms with Crippen LogP contribution in [0.25, 0.3) is 0 Å². The highest BCUT2D eigenvalue weighted by atomic mass is 16.6. The number of hydrogen-bond donors (Lipinski definition) is 2. The number of hydrogen-bond acceptors (Lipinski definition) is 4. The first-order chi connectivity index (χ1) is 10.6. The van der Waals surface area contributed by atoms with Gasteiger partial charge in [-0.2, -0.15) is 0 Å². The molecular formula is C17H26N2O4. The van der Waals surface area contributed by atoms with E-state index in [0.717, 1.165) is 0 Å². The standard InChI is InChI=1S/C17H26N2O4/c1-11(2)14(19-16(21)23-17(3,4)5)15(20)18-12-7-9-13(22-6)10-8-12/h7-11,14H,1-6H3,(H,18,20)(H,19,21)/t14-/m0/s1. The van der Waals surface area contributed by atoms with Gasteiger partial charge in [0.25, 0.3) is 0 Å². The van der Waals surface area contributed by atoms with Gasteiger partial charge in [0.15, 0.2) is 0 Å². The van der Waals surface area contributed by atoms with Crippen LogP contribution in [0.2, 0.25) is 0 Å². The maximum atomic E-state index is 12.4. The third-order valence-corrected chi connectivity index (χ3v) is 2.98. The van der Waals surface area contributed by atoms with E-state index in [1.165, 1.54) is 0 Å². The number of benzene rings is 1. The fraction of sp³-hybridized carbons (Fsp3) is 0.529. The van der Waals surface area contributed by atoms with E-state index in [1.807, 2.05) is 13.8 Å². The summed E-state index contributed by atoms with van der Waals surface area (Å²) in [5, 5.41) is 5.40. The van der Waals surface area contributed by atoms with E-state index < -0.39 is 17.7 Å². The summed E-state index contributed by atoms with van der Waals surface area (Å²) in [5.74, 6) is 0.326.